The number of nitrogens with zero attached hydrogens (tertiary/aromatic N) is 1. The summed E-state index contributed by atoms with van der Waals surface area (Å²) in [6, 6.07) is 0. The van der Waals surface area contributed by atoms with Crippen LogP contribution in [-0.2, 0) is 4.74 Å². The number of rotatable bonds is 8. The molecule has 0 atom stereocenters. The van der Waals surface area contributed by atoms with E-state index in [1.807, 2.05) is 20.8 Å². The Hall–Kier alpha value is -0.730. The molecule has 1 amide bonds. The summed E-state index contributed by atoms with van der Waals surface area (Å²) < 4.78 is 5.17. The van der Waals surface area contributed by atoms with Crippen LogP contribution in [0.5, 0.6) is 0 Å². The van der Waals surface area contributed by atoms with Gasteiger partial charge in [0, 0.05) is 26.2 Å². The summed E-state index contributed by atoms with van der Waals surface area (Å²) in [7, 11) is 0. The third kappa shape index (κ3) is 13.4. The third-order valence-corrected chi connectivity index (χ3v) is 3.16. The average Bonchev–Trinajstić information content (AvgIpc) is 3.20. The summed E-state index contributed by atoms with van der Waals surface area (Å²) in [5.41, 5.74) is -0.452. The van der Waals surface area contributed by atoms with Gasteiger partial charge in [0.05, 0.1) is 0 Å². The number of aliphatic imine (C=N–C) groups is 1. The summed E-state index contributed by atoms with van der Waals surface area (Å²) in [6.07, 6.45) is 4.41. The molecule has 0 heterocycles. The molecule has 0 bridgehead atoms. The molecule has 0 radical (unpaired) electrons. The maximum Gasteiger partial charge on any atom is 0.407 e. The number of guanidine groups is 1. The van der Waals surface area contributed by atoms with Crippen molar-refractivity contribution in [2.75, 3.05) is 26.2 Å². The third-order valence-electron chi connectivity index (χ3n) is 3.16. The first-order chi connectivity index (χ1) is 10.4. The predicted molar refractivity (Wildman–Crippen MR) is 106 cm³/mol. The molecule has 6 nitrogen and oxygen atoms in total. The van der Waals surface area contributed by atoms with E-state index in [1.165, 1.54) is 19.3 Å². The van der Waals surface area contributed by atoms with Crippen molar-refractivity contribution in [3.05, 3.63) is 0 Å². The van der Waals surface area contributed by atoms with Gasteiger partial charge in [0.25, 0.3) is 0 Å². The van der Waals surface area contributed by atoms with Crippen molar-refractivity contribution in [2.45, 2.75) is 59.0 Å². The van der Waals surface area contributed by atoms with E-state index in [2.05, 4.69) is 27.9 Å². The lowest BCUT2D eigenvalue weighted by Crippen LogP contribution is -2.38. The Morgan fingerprint density at radius 2 is 1.87 bits per heavy atom. The molecule has 7 heteroatoms. The number of amides is 1. The van der Waals surface area contributed by atoms with Gasteiger partial charge in [-0.3, -0.25) is 4.99 Å². The van der Waals surface area contributed by atoms with Crippen LogP contribution >= 0.6 is 24.0 Å². The largest absolute Gasteiger partial charge is 0.444 e. The second kappa shape index (κ2) is 11.8. The fraction of sp³-hybridized carbons (Fsp3) is 0.875. The van der Waals surface area contributed by atoms with Crippen LogP contribution in [-0.4, -0.2) is 43.8 Å². The van der Waals surface area contributed by atoms with Crippen molar-refractivity contribution in [3.63, 3.8) is 0 Å². The van der Waals surface area contributed by atoms with Gasteiger partial charge >= 0.3 is 6.09 Å². The predicted octanol–water partition coefficient (Wildman–Crippen LogP) is 2.87. The lowest BCUT2D eigenvalue weighted by Gasteiger charge is -2.19. The Balaban J connectivity index is 0.00000484. The van der Waals surface area contributed by atoms with Crippen molar-refractivity contribution in [2.24, 2.45) is 10.9 Å². The summed E-state index contributed by atoms with van der Waals surface area (Å²) in [5.74, 6) is 1.79. The topological polar surface area (TPSA) is 74.8 Å². The minimum absolute atomic E-state index is 0. The number of carbonyl (C=O) groups is 1. The fourth-order valence-electron chi connectivity index (χ4n) is 1.92. The van der Waals surface area contributed by atoms with Gasteiger partial charge < -0.3 is 20.7 Å². The molecule has 0 aromatic rings. The summed E-state index contributed by atoms with van der Waals surface area (Å²) >= 11 is 0. The monoisotopic (exact) mass is 440 g/mol. The Morgan fingerprint density at radius 1 is 1.17 bits per heavy atom. The SMILES string of the molecule is CCNC(=NCCCNC(=O)OC(C)(C)C)NCCC1CC1.I. The maximum atomic E-state index is 11.5. The highest BCUT2D eigenvalue weighted by atomic mass is 127. The molecule has 0 unspecified atom stereocenters. The molecule has 1 rings (SSSR count). The van der Waals surface area contributed by atoms with E-state index in [-0.39, 0.29) is 30.1 Å². The van der Waals surface area contributed by atoms with Crippen molar-refractivity contribution in [1.29, 1.82) is 0 Å². The zero-order valence-corrected chi connectivity index (χ0v) is 17.2. The molecule has 0 aromatic carbocycles. The highest BCUT2D eigenvalue weighted by molar-refractivity contribution is 14.0. The zero-order chi connectivity index (χ0) is 16.4. The summed E-state index contributed by atoms with van der Waals surface area (Å²) in [6.45, 7) is 10.7. The van der Waals surface area contributed by atoms with Gasteiger partial charge in [0.15, 0.2) is 5.96 Å². The first kappa shape index (κ1) is 22.3. The fourth-order valence-corrected chi connectivity index (χ4v) is 1.92. The average molecular weight is 440 g/mol. The van der Waals surface area contributed by atoms with Crippen LogP contribution in [0.3, 0.4) is 0 Å². The first-order valence-electron chi connectivity index (χ1n) is 8.39. The van der Waals surface area contributed by atoms with E-state index in [0.29, 0.717) is 13.1 Å². The van der Waals surface area contributed by atoms with Gasteiger partial charge in [-0.15, -0.1) is 24.0 Å². The van der Waals surface area contributed by atoms with Gasteiger partial charge in [-0.2, -0.15) is 0 Å². The van der Waals surface area contributed by atoms with Crippen LogP contribution in [0.1, 0.15) is 53.4 Å². The van der Waals surface area contributed by atoms with E-state index >= 15 is 0 Å². The lowest BCUT2D eigenvalue weighted by atomic mass is 10.2. The number of ether oxygens (including phenoxy) is 1. The van der Waals surface area contributed by atoms with Crippen molar-refractivity contribution in [1.82, 2.24) is 16.0 Å². The normalized spacial score (nSPS) is 14.7. The Kier molecular flexibility index (Phi) is 11.4. The molecular weight excluding hydrogens is 407 g/mol. The molecule has 3 N–H and O–H groups in total. The molecule has 1 fully saturated rings. The molecule has 0 aromatic heterocycles. The van der Waals surface area contributed by atoms with Gasteiger partial charge in [0.1, 0.15) is 5.60 Å². The number of alkyl carbamates (subject to hydrolysis) is 1. The second-order valence-corrected chi connectivity index (χ2v) is 6.70. The number of carbonyl (C=O) groups excluding carboxylic acids is 1. The quantitative estimate of drug-likeness (QED) is 0.235. The second-order valence-electron chi connectivity index (χ2n) is 6.70. The van der Waals surface area contributed by atoms with Crippen molar-refractivity contribution < 1.29 is 9.53 Å². The zero-order valence-electron chi connectivity index (χ0n) is 14.9. The van der Waals surface area contributed by atoms with Crippen LogP contribution in [0, 0.1) is 5.92 Å². The van der Waals surface area contributed by atoms with Crippen LogP contribution in [0.15, 0.2) is 4.99 Å². The number of hydrogen-bond acceptors (Lipinski definition) is 3. The van der Waals surface area contributed by atoms with Gasteiger partial charge in [-0.05, 0) is 46.5 Å². The van der Waals surface area contributed by atoms with E-state index in [0.717, 1.165) is 31.4 Å². The van der Waals surface area contributed by atoms with Crippen LogP contribution in [0.2, 0.25) is 0 Å². The minimum atomic E-state index is -0.452. The Bertz CT molecular complexity index is 366. The van der Waals surface area contributed by atoms with E-state index in [4.69, 9.17) is 4.74 Å². The maximum absolute atomic E-state index is 11.5. The van der Waals surface area contributed by atoms with Crippen molar-refractivity contribution in [3.8, 4) is 0 Å². The highest BCUT2D eigenvalue weighted by Gasteiger charge is 2.20. The molecule has 136 valence electrons. The molecule has 0 spiro atoms. The number of halogens is 1. The number of nitrogens with one attached hydrogen (secondary N) is 3. The minimum Gasteiger partial charge on any atom is -0.444 e. The number of hydrogen-bond donors (Lipinski definition) is 3. The molecule has 0 saturated heterocycles. The van der Waals surface area contributed by atoms with E-state index < -0.39 is 5.60 Å². The molecule has 23 heavy (non-hydrogen) atoms. The summed E-state index contributed by atoms with van der Waals surface area (Å²) in [5, 5.41) is 9.32. The molecular formula is C16H33IN4O2. The van der Waals surface area contributed by atoms with Crippen molar-refractivity contribution >= 4 is 36.0 Å². The summed E-state index contributed by atoms with van der Waals surface area (Å²) in [4.78, 5) is 16.0. The first-order valence-corrected chi connectivity index (χ1v) is 8.39. The Labute approximate surface area is 157 Å². The Morgan fingerprint density at radius 3 is 2.43 bits per heavy atom. The molecule has 0 aliphatic heterocycles. The smallest absolute Gasteiger partial charge is 0.407 e. The van der Waals surface area contributed by atoms with Gasteiger partial charge in [0.2, 0.25) is 0 Å². The van der Waals surface area contributed by atoms with Crippen LogP contribution < -0.4 is 16.0 Å². The standard InChI is InChI=1S/C16H32N4O2.HI/c1-5-17-14(19-12-9-13-7-8-13)18-10-6-11-20-15(21)22-16(2,3)4;/h13H,5-12H2,1-4H3,(H,20,21)(H2,17,18,19);1H. The molecule has 1 aliphatic carbocycles. The van der Waals surface area contributed by atoms with Crippen LogP contribution in [0.25, 0.3) is 0 Å². The van der Waals surface area contributed by atoms with E-state index in [9.17, 15) is 4.79 Å². The van der Waals surface area contributed by atoms with Gasteiger partial charge in [-0.25, -0.2) is 4.79 Å². The van der Waals surface area contributed by atoms with Crippen LogP contribution in [0.4, 0.5) is 4.79 Å². The van der Waals surface area contributed by atoms with Gasteiger partial charge in [-0.1, -0.05) is 12.8 Å². The highest BCUT2D eigenvalue weighted by Crippen LogP contribution is 2.31. The lowest BCUT2D eigenvalue weighted by molar-refractivity contribution is 0.0527. The molecule has 1 saturated carbocycles. The molecule has 1 aliphatic rings. The van der Waals surface area contributed by atoms with E-state index in [1.54, 1.807) is 0 Å².